The maximum atomic E-state index is 13.9. The van der Waals surface area contributed by atoms with Crippen molar-refractivity contribution in [3.8, 4) is 6.07 Å². The van der Waals surface area contributed by atoms with E-state index in [1.807, 2.05) is 59.7 Å². The highest BCUT2D eigenvalue weighted by molar-refractivity contribution is 6.36. The second kappa shape index (κ2) is 10.2. The fourth-order valence-corrected chi connectivity index (χ4v) is 5.60. The number of nitrogens with zero attached hydrogens (tertiary/aromatic N) is 3. The van der Waals surface area contributed by atoms with Crippen molar-refractivity contribution in [2.24, 2.45) is 0 Å². The van der Waals surface area contributed by atoms with Crippen LogP contribution in [0.5, 0.6) is 0 Å². The lowest BCUT2D eigenvalue weighted by atomic mass is 9.69. The summed E-state index contributed by atoms with van der Waals surface area (Å²) in [5.41, 5.74) is 9.26. The average molecular weight is 572 g/mol. The minimum Gasteiger partial charge on any atom is -0.378 e. The van der Waals surface area contributed by atoms with Gasteiger partial charge >= 0.3 is 0 Å². The van der Waals surface area contributed by atoms with Crippen LogP contribution >= 0.6 is 11.6 Å². The zero-order valence-electron chi connectivity index (χ0n) is 22.3. The van der Waals surface area contributed by atoms with Crippen molar-refractivity contribution in [2.45, 2.75) is 24.3 Å². The summed E-state index contributed by atoms with van der Waals surface area (Å²) >= 11 is 6.80. The highest BCUT2D eigenvalue weighted by Crippen LogP contribution is 2.39. The van der Waals surface area contributed by atoms with E-state index in [0.29, 0.717) is 50.2 Å². The van der Waals surface area contributed by atoms with Gasteiger partial charge in [-0.05, 0) is 54.1 Å². The number of pyridine rings is 1. The van der Waals surface area contributed by atoms with E-state index in [-0.39, 0.29) is 5.82 Å². The van der Waals surface area contributed by atoms with Gasteiger partial charge in [0.2, 0.25) is 0 Å². The van der Waals surface area contributed by atoms with Crippen LogP contribution < -0.4 is 21.6 Å². The summed E-state index contributed by atoms with van der Waals surface area (Å²) in [7, 11) is 7.11. The van der Waals surface area contributed by atoms with Gasteiger partial charge in [-0.2, -0.15) is 5.26 Å². The number of aromatic nitrogens is 1. The van der Waals surface area contributed by atoms with E-state index in [4.69, 9.17) is 19.4 Å². The molecular formula is C32H24BClFN7. The predicted octanol–water partition coefficient (Wildman–Crippen LogP) is 6.56. The van der Waals surface area contributed by atoms with Gasteiger partial charge in [0, 0.05) is 40.6 Å². The van der Waals surface area contributed by atoms with Crippen LogP contribution in [0.3, 0.4) is 0 Å². The Hall–Kier alpha value is -4.78. The normalized spacial score (nSPS) is 16.0. The van der Waals surface area contributed by atoms with Gasteiger partial charge in [-0.3, -0.25) is 9.99 Å². The Morgan fingerprint density at radius 2 is 1.83 bits per heavy atom. The third kappa shape index (κ3) is 4.65. The first-order chi connectivity index (χ1) is 20.4. The average Bonchev–Trinajstić information content (AvgIpc) is 3.73. The lowest BCUT2D eigenvalue weighted by Gasteiger charge is -2.34. The van der Waals surface area contributed by atoms with Crippen molar-refractivity contribution < 1.29 is 4.39 Å². The largest absolute Gasteiger partial charge is 0.378 e. The molecular weight excluding hydrogens is 548 g/mol. The van der Waals surface area contributed by atoms with Crippen molar-refractivity contribution in [3.05, 3.63) is 119 Å². The van der Waals surface area contributed by atoms with E-state index < -0.39 is 5.44 Å². The van der Waals surface area contributed by atoms with Gasteiger partial charge in [-0.1, -0.05) is 60.1 Å². The molecule has 1 atom stereocenters. The van der Waals surface area contributed by atoms with Crippen LogP contribution in [0.1, 0.15) is 24.0 Å². The first kappa shape index (κ1) is 26.1. The zero-order chi connectivity index (χ0) is 28.8. The van der Waals surface area contributed by atoms with Crippen LogP contribution in [0, 0.1) is 17.1 Å². The molecule has 1 fully saturated rings. The van der Waals surface area contributed by atoms with Gasteiger partial charge in [-0.25, -0.2) is 4.39 Å². The maximum Gasteiger partial charge on any atom is 0.123 e. The molecule has 2 heterocycles. The molecule has 7 nitrogen and oxygen atoms in total. The number of anilines is 3. The lowest BCUT2D eigenvalue weighted by molar-refractivity contribution is 0.260. The van der Waals surface area contributed by atoms with Crippen LogP contribution in [-0.2, 0) is 5.44 Å². The molecule has 0 amide bonds. The highest BCUT2D eigenvalue weighted by Gasteiger charge is 2.37. The number of rotatable bonds is 7. The quantitative estimate of drug-likeness (QED) is 0.165. The number of fused-ring (bicyclic) bond motifs is 2. The summed E-state index contributed by atoms with van der Waals surface area (Å²) in [5.74, 6) is -0.361. The van der Waals surface area contributed by atoms with E-state index >= 15 is 0 Å². The third-order valence-corrected chi connectivity index (χ3v) is 7.98. The number of benzene rings is 4. The fraction of sp³-hybridized carbons (Fsp3) is 0.125. The highest BCUT2D eigenvalue weighted by atomic mass is 35.5. The van der Waals surface area contributed by atoms with Crippen molar-refractivity contribution in [3.63, 3.8) is 0 Å². The van der Waals surface area contributed by atoms with E-state index in [1.165, 1.54) is 18.3 Å². The number of hydrogen-bond acceptors (Lipinski definition) is 7. The number of hydrazine groups is 2. The number of halogens is 2. The third-order valence-electron chi connectivity index (χ3n) is 7.69. The van der Waals surface area contributed by atoms with Crippen molar-refractivity contribution >= 4 is 58.2 Å². The Kier molecular flexibility index (Phi) is 6.38. The molecule has 10 heteroatoms. The van der Waals surface area contributed by atoms with Crippen molar-refractivity contribution in [2.75, 3.05) is 10.6 Å². The molecule has 4 N–H and O–H groups in total. The van der Waals surface area contributed by atoms with Crippen LogP contribution in [0.4, 0.5) is 21.5 Å². The number of hydrogen-bond donors (Lipinski definition) is 4. The molecule has 2 radical (unpaired) electrons. The number of nitrogens with one attached hydrogen (secondary N) is 4. The molecule has 0 spiro atoms. The molecule has 5 aromatic rings. The van der Waals surface area contributed by atoms with Gasteiger partial charge < -0.3 is 16.1 Å². The zero-order valence-corrected chi connectivity index (χ0v) is 23.1. The van der Waals surface area contributed by atoms with Crippen molar-refractivity contribution in [1.29, 1.82) is 5.26 Å². The minimum absolute atomic E-state index is 0.361. The SMILES string of the molecule is [B]C(Nc1cc(Cl)c2ncc(C#N)c(Nc3cccc4ccccc34)c2c1)(C1=CN(C2CC2)NN1)c1ccc(F)cc1. The van der Waals surface area contributed by atoms with Crippen LogP contribution in [-0.4, -0.2) is 23.9 Å². The fourth-order valence-electron chi connectivity index (χ4n) is 5.33. The summed E-state index contributed by atoms with van der Waals surface area (Å²) in [5, 5.41) is 22.0. The molecule has 0 saturated heterocycles. The van der Waals surface area contributed by atoms with Crippen LogP contribution in [0.25, 0.3) is 21.7 Å². The van der Waals surface area contributed by atoms with Gasteiger partial charge in [0.05, 0.1) is 32.9 Å². The first-order valence-corrected chi connectivity index (χ1v) is 13.9. The van der Waals surface area contributed by atoms with Gasteiger partial charge in [0.1, 0.15) is 19.7 Å². The molecule has 42 heavy (non-hydrogen) atoms. The second-order valence-electron chi connectivity index (χ2n) is 10.5. The standard InChI is InChI=1S/C32H24BClFN7/c33-32(21-8-10-22(35)11-9-21,29-18-42(41-40-29)24-12-13-24)39-23-14-26-30(20(16-36)17-37-31(26)27(34)15-23)38-28-7-3-5-19-4-1-2-6-25(19)28/h1-11,14-15,17-18,24,39-41H,12-13H2,(H,37,38). The Balaban J connectivity index is 1.35. The van der Waals surface area contributed by atoms with Gasteiger partial charge in [0.15, 0.2) is 0 Å². The van der Waals surface area contributed by atoms with E-state index in [2.05, 4.69) is 32.6 Å². The summed E-state index contributed by atoms with van der Waals surface area (Å²) in [6.45, 7) is 0. The van der Waals surface area contributed by atoms with E-state index in [9.17, 15) is 9.65 Å². The van der Waals surface area contributed by atoms with Crippen LogP contribution in [0.15, 0.2) is 97.0 Å². The first-order valence-electron chi connectivity index (χ1n) is 13.6. The minimum atomic E-state index is -1.29. The molecule has 4 aromatic carbocycles. The summed E-state index contributed by atoms with van der Waals surface area (Å²) in [6.07, 6.45) is 5.62. The van der Waals surface area contributed by atoms with E-state index in [0.717, 1.165) is 29.3 Å². The van der Waals surface area contributed by atoms with Crippen LogP contribution in [0.2, 0.25) is 5.02 Å². The van der Waals surface area contributed by atoms with Gasteiger partial charge in [0.25, 0.3) is 0 Å². The summed E-state index contributed by atoms with van der Waals surface area (Å²) in [6, 6.07) is 26.3. The molecule has 204 valence electrons. The maximum absolute atomic E-state index is 13.9. The molecule has 1 aromatic heterocycles. The molecule has 1 aliphatic carbocycles. The Bertz CT molecular complexity index is 1910. The molecule has 0 bridgehead atoms. The molecule has 2 aliphatic rings. The summed E-state index contributed by atoms with van der Waals surface area (Å²) < 4.78 is 13.9. The van der Waals surface area contributed by atoms with Gasteiger partial charge in [-0.15, -0.1) is 5.53 Å². The Morgan fingerprint density at radius 1 is 1.05 bits per heavy atom. The Labute approximate surface area is 248 Å². The molecule has 1 unspecified atom stereocenters. The molecule has 7 rings (SSSR count). The van der Waals surface area contributed by atoms with E-state index in [1.54, 1.807) is 18.2 Å². The topological polar surface area (TPSA) is 88.0 Å². The summed E-state index contributed by atoms with van der Waals surface area (Å²) in [4.78, 5) is 4.50. The molecule has 1 saturated carbocycles. The Morgan fingerprint density at radius 3 is 2.62 bits per heavy atom. The smallest absolute Gasteiger partial charge is 0.123 e. The predicted molar refractivity (Wildman–Crippen MR) is 165 cm³/mol. The second-order valence-corrected chi connectivity index (χ2v) is 10.9. The monoisotopic (exact) mass is 571 g/mol. The van der Waals surface area contributed by atoms with Crippen molar-refractivity contribution in [1.82, 2.24) is 21.0 Å². The number of nitriles is 1. The molecule has 1 aliphatic heterocycles. The lowest BCUT2D eigenvalue weighted by Crippen LogP contribution is -2.45.